The monoisotopic (exact) mass is 256 g/mol. The van der Waals surface area contributed by atoms with Gasteiger partial charge in [0, 0.05) is 34.5 Å². The molecule has 0 bridgehead atoms. The van der Waals surface area contributed by atoms with E-state index in [0.29, 0.717) is 12.2 Å². The predicted molar refractivity (Wildman–Crippen MR) is 70.5 cm³/mol. The van der Waals surface area contributed by atoms with Gasteiger partial charge in [-0.1, -0.05) is 6.92 Å². The minimum atomic E-state index is -0.771. The van der Waals surface area contributed by atoms with Crippen molar-refractivity contribution in [1.29, 1.82) is 0 Å². The molecular weight excluding hydrogens is 236 g/mol. The van der Waals surface area contributed by atoms with Crippen molar-refractivity contribution in [3.05, 3.63) is 23.5 Å². The molecule has 2 atom stereocenters. The van der Waals surface area contributed by atoms with Crippen LogP contribution in [0.15, 0.2) is 12.1 Å². The molecule has 0 radical (unpaired) electrons. The Bertz CT molecular complexity index is 396. The summed E-state index contributed by atoms with van der Waals surface area (Å²) < 4.78 is 11.1. The summed E-state index contributed by atoms with van der Waals surface area (Å²) in [5.74, 6) is 0.218. The fourth-order valence-electron chi connectivity index (χ4n) is 1.41. The van der Waals surface area contributed by atoms with Gasteiger partial charge < -0.3 is 10.4 Å². The first kappa shape index (κ1) is 14.1. The Labute approximate surface area is 105 Å². The number of aromatic hydroxyl groups is 1. The Morgan fingerprint density at radius 2 is 2.24 bits per heavy atom. The Morgan fingerprint density at radius 1 is 1.53 bits per heavy atom. The summed E-state index contributed by atoms with van der Waals surface area (Å²) in [6, 6.07) is 3.43. The molecule has 1 rings (SSSR count). The van der Waals surface area contributed by atoms with E-state index in [1.807, 2.05) is 13.8 Å². The van der Waals surface area contributed by atoms with Crippen LogP contribution in [0.2, 0.25) is 0 Å². The molecule has 4 nitrogen and oxygen atoms in total. The highest BCUT2D eigenvalue weighted by molar-refractivity contribution is 7.84. The third-order valence-corrected chi connectivity index (χ3v) is 4.05. The van der Waals surface area contributed by atoms with Gasteiger partial charge in [-0.25, -0.2) is 0 Å². The molecule has 2 N–H and O–H groups in total. The number of hydrogen-bond acceptors (Lipinski definition) is 4. The maximum atomic E-state index is 11.1. The highest BCUT2D eigenvalue weighted by Crippen LogP contribution is 2.14. The first-order valence-corrected chi connectivity index (χ1v) is 7.31. The topological polar surface area (TPSA) is 62.2 Å². The van der Waals surface area contributed by atoms with Gasteiger partial charge >= 0.3 is 0 Å². The lowest BCUT2D eigenvalue weighted by Crippen LogP contribution is -2.21. The molecule has 96 valence electrons. The molecule has 0 amide bonds. The smallest absolute Gasteiger partial charge is 0.138 e. The van der Waals surface area contributed by atoms with Gasteiger partial charge in [-0.05, 0) is 32.0 Å². The van der Waals surface area contributed by atoms with Crippen LogP contribution in [0, 0.1) is 6.92 Å². The second-order valence-electron chi connectivity index (χ2n) is 4.19. The van der Waals surface area contributed by atoms with Gasteiger partial charge in [0.2, 0.25) is 0 Å². The number of rotatable bonds is 6. The molecule has 0 aromatic carbocycles. The van der Waals surface area contributed by atoms with Crippen molar-refractivity contribution in [3.8, 4) is 5.75 Å². The van der Waals surface area contributed by atoms with Gasteiger partial charge in [-0.15, -0.1) is 0 Å². The maximum absolute atomic E-state index is 11.1. The summed E-state index contributed by atoms with van der Waals surface area (Å²) in [5.41, 5.74) is 1.55. The second kappa shape index (κ2) is 6.71. The van der Waals surface area contributed by atoms with Gasteiger partial charge in [-0.3, -0.25) is 9.19 Å². The van der Waals surface area contributed by atoms with E-state index in [1.165, 1.54) is 0 Å². The zero-order valence-electron chi connectivity index (χ0n) is 10.6. The van der Waals surface area contributed by atoms with E-state index in [0.717, 1.165) is 18.7 Å². The summed E-state index contributed by atoms with van der Waals surface area (Å²) in [6.07, 6.45) is 2.58. The van der Waals surface area contributed by atoms with Gasteiger partial charge in [-0.2, -0.15) is 0 Å². The van der Waals surface area contributed by atoms with E-state index in [1.54, 1.807) is 18.4 Å². The summed E-state index contributed by atoms with van der Waals surface area (Å²) in [6.45, 7) is 5.18. The molecule has 0 saturated heterocycles. The molecule has 0 aliphatic carbocycles. The fourth-order valence-corrected chi connectivity index (χ4v) is 1.86. The lowest BCUT2D eigenvalue weighted by molar-refractivity contribution is 0.458. The maximum Gasteiger partial charge on any atom is 0.138 e. The van der Waals surface area contributed by atoms with Crippen LogP contribution in [-0.2, 0) is 17.3 Å². The second-order valence-corrected chi connectivity index (χ2v) is 6.00. The molecule has 1 aromatic rings. The zero-order chi connectivity index (χ0) is 12.8. The number of pyridine rings is 1. The van der Waals surface area contributed by atoms with E-state index < -0.39 is 10.8 Å². The highest BCUT2D eigenvalue weighted by Gasteiger charge is 2.06. The molecule has 1 aromatic heterocycles. The number of hydrogen-bond donors (Lipinski definition) is 2. The number of aryl methyl sites for hydroxylation is 1. The third kappa shape index (κ3) is 4.83. The lowest BCUT2D eigenvalue weighted by atomic mass is 10.2. The van der Waals surface area contributed by atoms with Crippen LogP contribution in [0.4, 0.5) is 0 Å². The first-order valence-electron chi connectivity index (χ1n) is 5.69. The Morgan fingerprint density at radius 3 is 2.88 bits per heavy atom. The van der Waals surface area contributed by atoms with Crippen molar-refractivity contribution in [2.45, 2.75) is 32.1 Å². The van der Waals surface area contributed by atoms with Gasteiger partial charge in [0.15, 0.2) is 0 Å². The molecule has 0 fully saturated rings. The van der Waals surface area contributed by atoms with Crippen LogP contribution in [-0.4, -0.2) is 32.3 Å². The van der Waals surface area contributed by atoms with Gasteiger partial charge in [0.05, 0.1) is 5.69 Å². The molecule has 17 heavy (non-hydrogen) atoms. The van der Waals surface area contributed by atoms with E-state index in [4.69, 9.17) is 0 Å². The summed E-state index contributed by atoms with van der Waals surface area (Å²) in [7, 11) is -0.771. The molecule has 0 aliphatic rings. The standard InChI is InChI=1S/C12H20N2O2S/c1-9-4-5-12(15)11(14-9)8-13-7-6-10(2)17(3)16/h4-5,10,13,15H,6-8H2,1-3H3. The average Bonchev–Trinajstić information content (AvgIpc) is 2.28. The normalized spacial score (nSPS) is 14.5. The van der Waals surface area contributed by atoms with Crippen molar-refractivity contribution < 1.29 is 9.32 Å². The predicted octanol–water partition coefficient (Wildman–Crippen LogP) is 1.34. The summed E-state index contributed by atoms with van der Waals surface area (Å²) in [5, 5.41) is 13.0. The van der Waals surface area contributed by atoms with Crippen molar-refractivity contribution in [2.24, 2.45) is 0 Å². The van der Waals surface area contributed by atoms with Crippen LogP contribution in [0.1, 0.15) is 24.7 Å². The van der Waals surface area contributed by atoms with Gasteiger partial charge in [0.1, 0.15) is 5.75 Å². The molecule has 0 aliphatic heterocycles. The number of aromatic nitrogens is 1. The minimum Gasteiger partial charge on any atom is -0.506 e. The molecule has 1 heterocycles. The first-order chi connectivity index (χ1) is 8.00. The largest absolute Gasteiger partial charge is 0.506 e. The molecule has 5 heteroatoms. The van der Waals surface area contributed by atoms with Crippen molar-refractivity contribution in [2.75, 3.05) is 12.8 Å². The van der Waals surface area contributed by atoms with Crippen LogP contribution in [0.5, 0.6) is 5.75 Å². The zero-order valence-corrected chi connectivity index (χ0v) is 11.4. The highest BCUT2D eigenvalue weighted by atomic mass is 32.2. The van der Waals surface area contributed by atoms with E-state index in [-0.39, 0.29) is 11.0 Å². The van der Waals surface area contributed by atoms with Crippen LogP contribution in [0.3, 0.4) is 0 Å². The molecular formula is C12H20N2O2S. The number of nitrogens with zero attached hydrogens (tertiary/aromatic N) is 1. The molecule has 0 saturated carbocycles. The molecule has 2 unspecified atom stereocenters. The van der Waals surface area contributed by atoms with Crippen molar-refractivity contribution in [3.63, 3.8) is 0 Å². The minimum absolute atomic E-state index is 0.196. The summed E-state index contributed by atoms with van der Waals surface area (Å²) >= 11 is 0. The van der Waals surface area contributed by atoms with Gasteiger partial charge in [0.25, 0.3) is 0 Å². The average molecular weight is 256 g/mol. The van der Waals surface area contributed by atoms with Crippen molar-refractivity contribution in [1.82, 2.24) is 10.3 Å². The summed E-state index contributed by atoms with van der Waals surface area (Å²) in [4.78, 5) is 4.25. The van der Waals surface area contributed by atoms with Crippen LogP contribution >= 0.6 is 0 Å². The fraction of sp³-hybridized carbons (Fsp3) is 0.583. The van der Waals surface area contributed by atoms with E-state index >= 15 is 0 Å². The quantitative estimate of drug-likeness (QED) is 0.754. The Kier molecular flexibility index (Phi) is 5.58. The number of nitrogens with one attached hydrogen (secondary N) is 1. The SMILES string of the molecule is Cc1ccc(O)c(CNCCC(C)S(C)=O)n1. The van der Waals surface area contributed by atoms with Crippen LogP contribution in [0.25, 0.3) is 0 Å². The van der Waals surface area contributed by atoms with E-state index in [9.17, 15) is 9.32 Å². The molecule has 0 spiro atoms. The van der Waals surface area contributed by atoms with Crippen molar-refractivity contribution >= 4 is 10.8 Å². The van der Waals surface area contributed by atoms with E-state index in [2.05, 4.69) is 10.3 Å². The third-order valence-electron chi connectivity index (χ3n) is 2.68. The Balaban J connectivity index is 2.36. The Hall–Kier alpha value is -0.940. The lowest BCUT2D eigenvalue weighted by Gasteiger charge is -2.10. The van der Waals surface area contributed by atoms with Crippen LogP contribution < -0.4 is 5.32 Å².